The SMILES string of the molecule is O=C(Cc1ccc(F)cc1)N=C1SC2CS(=O)(=O)CC2N1c1ccc(Cl)c(C(F)(F)F)c1. The van der Waals surface area contributed by atoms with Crippen molar-refractivity contribution >= 4 is 50.0 Å². The molecular formula is C20H15ClF4N2O3S2. The molecule has 2 aliphatic rings. The third-order valence-electron chi connectivity index (χ3n) is 5.09. The molecule has 0 spiro atoms. The Hall–Kier alpha value is -2.11. The van der Waals surface area contributed by atoms with Gasteiger partial charge in [0.15, 0.2) is 15.0 Å². The minimum Gasteiger partial charge on any atom is -0.316 e. The van der Waals surface area contributed by atoms with E-state index < -0.39 is 49.6 Å². The number of amides is 1. The molecule has 12 heteroatoms. The lowest BCUT2D eigenvalue weighted by molar-refractivity contribution is -0.137. The summed E-state index contributed by atoms with van der Waals surface area (Å²) >= 11 is 6.76. The first-order valence-electron chi connectivity index (χ1n) is 9.32. The molecule has 0 saturated carbocycles. The van der Waals surface area contributed by atoms with Crippen molar-refractivity contribution in [3.05, 3.63) is 64.4 Å². The molecule has 1 amide bonds. The summed E-state index contributed by atoms with van der Waals surface area (Å²) in [6.45, 7) is 0. The Bertz CT molecular complexity index is 1200. The van der Waals surface area contributed by atoms with Crippen molar-refractivity contribution in [2.45, 2.75) is 23.9 Å². The molecule has 2 aromatic rings. The van der Waals surface area contributed by atoms with Gasteiger partial charge in [0.2, 0.25) is 0 Å². The van der Waals surface area contributed by atoms with Crippen molar-refractivity contribution in [3.8, 4) is 0 Å². The van der Waals surface area contributed by atoms with Gasteiger partial charge in [0.25, 0.3) is 5.91 Å². The maximum atomic E-state index is 13.4. The summed E-state index contributed by atoms with van der Waals surface area (Å²) in [4.78, 5) is 17.9. The number of aliphatic imine (C=N–C) groups is 1. The number of anilines is 1. The third kappa shape index (κ3) is 4.79. The molecule has 2 aliphatic heterocycles. The Labute approximate surface area is 190 Å². The van der Waals surface area contributed by atoms with Crippen LogP contribution in [0.4, 0.5) is 23.2 Å². The van der Waals surface area contributed by atoms with Gasteiger partial charge >= 0.3 is 6.18 Å². The minimum absolute atomic E-state index is 0.0483. The van der Waals surface area contributed by atoms with Crippen molar-refractivity contribution in [3.63, 3.8) is 0 Å². The third-order valence-corrected chi connectivity index (χ3v) is 8.63. The quantitative estimate of drug-likeness (QED) is 0.579. The predicted octanol–water partition coefficient (Wildman–Crippen LogP) is 4.34. The van der Waals surface area contributed by atoms with Crippen LogP contribution in [0.3, 0.4) is 0 Å². The van der Waals surface area contributed by atoms with Crippen LogP contribution in [-0.4, -0.2) is 42.3 Å². The fourth-order valence-corrected chi connectivity index (χ4v) is 7.83. The summed E-state index contributed by atoms with van der Waals surface area (Å²) in [7, 11) is -3.38. The van der Waals surface area contributed by atoms with Crippen molar-refractivity contribution in [2.24, 2.45) is 4.99 Å². The number of carbonyl (C=O) groups is 1. The molecule has 0 aromatic heterocycles. The summed E-state index contributed by atoms with van der Waals surface area (Å²) < 4.78 is 77.4. The number of hydrogen-bond acceptors (Lipinski definition) is 4. The number of thioether (sulfide) groups is 1. The fraction of sp³-hybridized carbons (Fsp3) is 0.300. The van der Waals surface area contributed by atoms with E-state index in [0.717, 1.165) is 23.9 Å². The Morgan fingerprint density at radius 1 is 1.16 bits per heavy atom. The van der Waals surface area contributed by atoms with Gasteiger partial charge in [0.05, 0.1) is 34.6 Å². The van der Waals surface area contributed by atoms with E-state index in [9.17, 15) is 30.8 Å². The first-order chi connectivity index (χ1) is 14.9. The van der Waals surface area contributed by atoms with E-state index in [0.29, 0.717) is 5.56 Å². The molecule has 2 fully saturated rings. The van der Waals surface area contributed by atoms with E-state index in [1.807, 2.05) is 0 Å². The molecule has 0 bridgehead atoms. The second kappa shape index (κ2) is 8.35. The zero-order valence-electron chi connectivity index (χ0n) is 16.1. The summed E-state index contributed by atoms with van der Waals surface area (Å²) in [6, 6.07) is 7.86. The molecule has 2 atom stereocenters. The minimum atomic E-state index is -4.71. The number of fused-ring (bicyclic) bond motifs is 1. The summed E-state index contributed by atoms with van der Waals surface area (Å²) in [6.07, 6.45) is -4.85. The monoisotopic (exact) mass is 506 g/mol. The number of carbonyl (C=O) groups excluding carboxylic acids is 1. The van der Waals surface area contributed by atoms with Crippen LogP contribution in [0.15, 0.2) is 47.5 Å². The second-order valence-corrected chi connectivity index (χ2v) is 11.2. The van der Waals surface area contributed by atoms with Crippen LogP contribution in [0.2, 0.25) is 5.02 Å². The highest BCUT2D eigenvalue weighted by molar-refractivity contribution is 8.16. The van der Waals surface area contributed by atoms with E-state index in [-0.39, 0.29) is 28.8 Å². The zero-order valence-corrected chi connectivity index (χ0v) is 18.5. The van der Waals surface area contributed by atoms with E-state index in [4.69, 9.17) is 11.6 Å². The summed E-state index contributed by atoms with van der Waals surface area (Å²) in [5, 5.41) is -0.839. The molecule has 32 heavy (non-hydrogen) atoms. The first-order valence-corrected chi connectivity index (χ1v) is 12.4. The molecule has 2 unspecified atom stereocenters. The number of rotatable bonds is 3. The van der Waals surface area contributed by atoms with Crippen LogP contribution in [0.25, 0.3) is 0 Å². The summed E-state index contributed by atoms with van der Waals surface area (Å²) in [5.41, 5.74) is -0.501. The Kier molecular flexibility index (Phi) is 6.01. The molecule has 2 aromatic carbocycles. The smallest absolute Gasteiger partial charge is 0.316 e. The van der Waals surface area contributed by atoms with Crippen molar-refractivity contribution < 1.29 is 30.8 Å². The van der Waals surface area contributed by atoms with Crippen LogP contribution in [-0.2, 0) is 27.2 Å². The predicted molar refractivity (Wildman–Crippen MR) is 115 cm³/mol. The largest absolute Gasteiger partial charge is 0.417 e. The lowest BCUT2D eigenvalue weighted by atomic mass is 10.1. The van der Waals surface area contributed by atoms with Crippen LogP contribution >= 0.6 is 23.4 Å². The standard InChI is InChI=1S/C20H15ClF4N2O3S2/c21-15-6-5-13(8-14(15)20(23,24)25)27-16-9-32(29,30)10-17(16)31-19(27)26-18(28)7-11-1-3-12(22)4-2-11/h1-6,8,16-17H,7,9-10H2. The Morgan fingerprint density at radius 2 is 1.84 bits per heavy atom. The number of amidine groups is 1. The molecule has 5 nitrogen and oxygen atoms in total. The van der Waals surface area contributed by atoms with Gasteiger partial charge in [-0.05, 0) is 35.9 Å². The van der Waals surface area contributed by atoms with E-state index in [1.165, 1.54) is 35.2 Å². The van der Waals surface area contributed by atoms with Crippen LogP contribution in [0.1, 0.15) is 11.1 Å². The van der Waals surface area contributed by atoms with Crippen LogP contribution in [0, 0.1) is 5.82 Å². The molecule has 2 saturated heterocycles. The molecule has 4 rings (SSSR count). The number of halogens is 5. The normalized spacial score (nSPS) is 23.5. The summed E-state index contributed by atoms with van der Waals surface area (Å²) in [5.74, 6) is -1.47. The highest BCUT2D eigenvalue weighted by Crippen LogP contribution is 2.43. The second-order valence-electron chi connectivity index (χ2n) is 7.42. The van der Waals surface area contributed by atoms with Gasteiger partial charge in [-0.3, -0.25) is 4.79 Å². The van der Waals surface area contributed by atoms with E-state index >= 15 is 0 Å². The van der Waals surface area contributed by atoms with Gasteiger partial charge in [-0.25, -0.2) is 12.8 Å². The number of benzene rings is 2. The van der Waals surface area contributed by atoms with E-state index in [1.54, 1.807) is 0 Å². The van der Waals surface area contributed by atoms with Gasteiger partial charge in [0.1, 0.15) is 5.82 Å². The molecule has 0 N–H and O–H groups in total. The van der Waals surface area contributed by atoms with Crippen molar-refractivity contribution in [1.82, 2.24) is 0 Å². The van der Waals surface area contributed by atoms with Gasteiger partial charge in [0, 0.05) is 10.9 Å². The average Bonchev–Trinajstić information content (AvgIpc) is 3.14. The van der Waals surface area contributed by atoms with Crippen molar-refractivity contribution in [2.75, 3.05) is 16.4 Å². The Morgan fingerprint density at radius 3 is 2.50 bits per heavy atom. The van der Waals surface area contributed by atoms with Gasteiger partial charge in [-0.1, -0.05) is 35.5 Å². The molecule has 170 valence electrons. The molecular weight excluding hydrogens is 492 g/mol. The van der Waals surface area contributed by atoms with Gasteiger partial charge in [-0.15, -0.1) is 0 Å². The number of nitrogens with zero attached hydrogens (tertiary/aromatic N) is 2. The maximum Gasteiger partial charge on any atom is 0.417 e. The van der Waals surface area contributed by atoms with Gasteiger partial charge < -0.3 is 4.90 Å². The fourth-order valence-electron chi connectivity index (χ4n) is 3.67. The Balaban J connectivity index is 1.70. The average molecular weight is 507 g/mol. The molecule has 0 aliphatic carbocycles. The van der Waals surface area contributed by atoms with E-state index in [2.05, 4.69) is 4.99 Å². The number of sulfone groups is 1. The highest BCUT2D eigenvalue weighted by Gasteiger charge is 2.49. The zero-order chi connectivity index (χ0) is 23.3. The molecule has 0 radical (unpaired) electrons. The first kappa shape index (κ1) is 23.1. The van der Waals surface area contributed by atoms with Crippen LogP contribution in [0.5, 0.6) is 0 Å². The lowest BCUT2D eigenvalue weighted by Gasteiger charge is -2.25. The van der Waals surface area contributed by atoms with Crippen molar-refractivity contribution in [1.29, 1.82) is 0 Å². The number of alkyl halides is 3. The molecule has 2 heterocycles. The highest BCUT2D eigenvalue weighted by atomic mass is 35.5. The number of hydrogen-bond donors (Lipinski definition) is 0. The van der Waals surface area contributed by atoms with Gasteiger partial charge in [-0.2, -0.15) is 18.2 Å². The maximum absolute atomic E-state index is 13.4. The topological polar surface area (TPSA) is 66.8 Å². The van der Waals surface area contributed by atoms with Crippen LogP contribution < -0.4 is 4.90 Å². The lowest BCUT2D eigenvalue weighted by Crippen LogP contribution is -2.38.